The van der Waals surface area contributed by atoms with Crippen molar-refractivity contribution in [3.8, 4) is 0 Å². The summed E-state index contributed by atoms with van der Waals surface area (Å²) in [7, 11) is -4.04. The van der Waals surface area contributed by atoms with Gasteiger partial charge in [-0.05, 0) is 29.3 Å². The minimum Gasteiger partial charge on any atom is -0.387 e. The Hall–Kier alpha value is -2.95. The number of sulfonamides is 1. The second-order valence-corrected chi connectivity index (χ2v) is 8.82. The van der Waals surface area contributed by atoms with Crippen molar-refractivity contribution < 1.29 is 23.1 Å². The van der Waals surface area contributed by atoms with Crippen molar-refractivity contribution in [2.45, 2.75) is 10.9 Å². The Morgan fingerprint density at radius 2 is 1.83 bits per heavy atom. The third-order valence-corrected chi connectivity index (χ3v) is 6.46. The molecule has 1 fully saturated rings. The molecule has 9 nitrogen and oxygen atoms in total. The number of carbonyl (C=O) groups excluding carboxylic acids is 2. The Labute approximate surface area is 174 Å². The molecule has 2 aromatic carbocycles. The molecule has 0 bridgehead atoms. The van der Waals surface area contributed by atoms with Gasteiger partial charge >= 0.3 is 0 Å². The maximum Gasteiger partial charge on any atom is 0.252 e. The first-order valence-electron chi connectivity index (χ1n) is 9.49. The fourth-order valence-electron chi connectivity index (χ4n) is 4.00. The van der Waals surface area contributed by atoms with Crippen molar-refractivity contribution in [3.05, 3.63) is 59.2 Å². The van der Waals surface area contributed by atoms with Crippen molar-refractivity contribution in [1.29, 1.82) is 0 Å². The van der Waals surface area contributed by atoms with Crippen LogP contribution in [-0.2, 0) is 14.8 Å². The zero-order chi connectivity index (χ0) is 21.5. The molecule has 0 spiro atoms. The molecule has 1 saturated heterocycles. The van der Waals surface area contributed by atoms with Gasteiger partial charge in [-0.2, -0.15) is 0 Å². The molecule has 158 valence electrons. The van der Waals surface area contributed by atoms with Gasteiger partial charge in [0.05, 0.1) is 11.7 Å². The number of carbonyl (C=O) groups is 2. The Kier molecular flexibility index (Phi) is 5.22. The van der Waals surface area contributed by atoms with Crippen LogP contribution >= 0.6 is 0 Å². The number of anilines is 1. The van der Waals surface area contributed by atoms with Crippen LogP contribution in [0.25, 0.3) is 0 Å². The first-order valence-corrected chi connectivity index (χ1v) is 11.0. The van der Waals surface area contributed by atoms with Crippen molar-refractivity contribution >= 4 is 27.5 Å². The van der Waals surface area contributed by atoms with Crippen LogP contribution in [0.5, 0.6) is 0 Å². The molecule has 2 aromatic rings. The molecule has 0 aromatic heterocycles. The fraction of sp³-hybridized carbons (Fsp3) is 0.300. The molecule has 4 rings (SSSR count). The van der Waals surface area contributed by atoms with Gasteiger partial charge in [0, 0.05) is 31.7 Å². The van der Waals surface area contributed by atoms with Crippen molar-refractivity contribution in [1.82, 2.24) is 10.2 Å². The lowest BCUT2D eigenvalue weighted by molar-refractivity contribution is -0.134. The van der Waals surface area contributed by atoms with Gasteiger partial charge in [-0.1, -0.05) is 24.3 Å². The van der Waals surface area contributed by atoms with Crippen LogP contribution in [0.4, 0.5) is 5.69 Å². The summed E-state index contributed by atoms with van der Waals surface area (Å²) >= 11 is 0. The molecule has 2 amide bonds. The Balaban J connectivity index is 1.67. The van der Waals surface area contributed by atoms with Crippen molar-refractivity contribution in [3.63, 3.8) is 0 Å². The zero-order valence-corrected chi connectivity index (χ0v) is 16.9. The summed E-state index contributed by atoms with van der Waals surface area (Å²) < 4.78 is 24.7. The Bertz CT molecular complexity index is 1110. The highest BCUT2D eigenvalue weighted by Crippen LogP contribution is 2.34. The minimum atomic E-state index is -4.04. The number of rotatable bonds is 4. The van der Waals surface area contributed by atoms with E-state index >= 15 is 0 Å². The second-order valence-electron chi connectivity index (χ2n) is 7.29. The summed E-state index contributed by atoms with van der Waals surface area (Å²) in [6, 6.07) is 11.7. The molecule has 10 heteroatoms. The Morgan fingerprint density at radius 1 is 1.13 bits per heavy atom. The average Bonchev–Trinajstić information content (AvgIpc) is 3.09. The molecule has 0 aliphatic carbocycles. The molecular weight excluding hydrogens is 408 g/mol. The average molecular weight is 430 g/mol. The number of nitrogens with zero attached hydrogens (tertiary/aromatic N) is 2. The van der Waals surface area contributed by atoms with Crippen LogP contribution in [0, 0.1) is 0 Å². The molecule has 30 heavy (non-hydrogen) atoms. The lowest BCUT2D eigenvalue weighted by atomic mass is 9.98. The SMILES string of the molecule is NS(=O)(=O)c1cc(C2NC(=O)c3ccccc32)ccc1N1CCN(C(=O)CO)CC1. The number of primary sulfonamides is 1. The van der Waals surface area contributed by atoms with Crippen molar-refractivity contribution in [2.75, 3.05) is 37.7 Å². The molecule has 1 atom stereocenters. The lowest BCUT2D eigenvalue weighted by Gasteiger charge is -2.36. The van der Waals surface area contributed by atoms with E-state index < -0.39 is 22.7 Å². The number of aliphatic hydroxyl groups excluding tert-OH is 1. The first-order chi connectivity index (χ1) is 14.3. The highest BCUT2D eigenvalue weighted by molar-refractivity contribution is 7.89. The standard InChI is InChI=1S/C20H22N4O5S/c21-30(28,29)17-11-13(19-14-3-1-2-4-15(14)20(27)22-19)5-6-16(17)23-7-9-24(10-8-23)18(26)12-25/h1-6,11,19,25H,7-10,12H2,(H,22,27)(H2,21,28,29). The van der Waals surface area contributed by atoms with Crippen molar-refractivity contribution in [2.24, 2.45) is 5.14 Å². The molecule has 2 aliphatic heterocycles. The van der Waals surface area contributed by atoms with Gasteiger partial charge < -0.3 is 20.2 Å². The van der Waals surface area contributed by atoms with Crippen LogP contribution < -0.4 is 15.4 Å². The predicted molar refractivity (Wildman–Crippen MR) is 109 cm³/mol. The molecule has 4 N–H and O–H groups in total. The van der Waals surface area contributed by atoms with E-state index in [1.165, 1.54) is 11.0 Å². The number of amides is 2. The minimum absolute atomic E-state index is 0.0273. The van der Waals surface area contributed by atoms with Crippen LogP contribution in [0.15, 0.2) is 47.4 Å². The summed E-state index contributed by atoms with van der Waals surface area (Å²) in [5.74, 6) is -0.561. The smallest absolute Gasteiger partial charge is 0.252 e. The molecule has 2 aliphatic rings. The largest absolute Gasteiger partial charge is 0.387 e. The van der Waals surface area contributed by atoms with E-state index in [0.29, 0.717) is 43.0 Å². The second kappa shape index (κ2) is 7.71. The lowest BCUT2D eigenvalue weighted by Crippen LogP contribution is -2.50. The number of fused-ring (bicyclic) bond motifs is 1. The molecular formula is C20H22N4O5S. The fourth-order valence-corrected chi connectivity index (χ4v) is 4.79. The van der Waals surface area contributed by atoms with E-state index in [1.807, 2.05) is 17.0 Å². The predicted octanol–water partition coefficient (Wildman–Crippen LogP) is -0.192. The van der Waals surface area contributed by atoms with Gasteiger partial charge in [0.1, 0.15) is 11.5 Å². The number of hydrogen-bond acceptors (Lipinski definition) is 6. The van der Waals surface area contributed by atoms with Gasteiger partial charge in [-0.25, -0.2) is 13.6 Å². The van der Waals surface area contributed by atoms with Gasteiger partial charge in [-0.15, -0.1) is 0 Å². The number of piperazine rings is 1. The normalized spacial score (nSPS) is 18.9. The summed E-state index contributed by atoms with van der Waals surface area (Å²) in [4.78, 5) is 27.3. The quantitative estimate of drug-likeness (QED) is 0.616. The molecule has 0 radical (unpaired) electrons. The van der Waals surface area contributed by atoms with E-state index in [0.717, 1.165) is 5.56 Å². The first kappa shape index (κ1) is 20.3. The third kappa shape index (κ3) is 3.64. The molecule has 0 saturated carbocycles. The number of benzene rings is 2. The van der Waals surface area contributed by atoms with Crippen LogP contribution in [0.3, 0.4) is 0 Å². The van der Waals surface area contributed by atoms with Gasteiger partial charge in [0.15, 0.2) is 0 Å². The number of hydrogen-bond donors (Lipinski definition) is 3. The number of aliphatic hydroxyl groups is 1. The van der Waals surface area contributed by atoms with E-state index in [-0.39, 0.29) is 16.7 Å². The van der Waals surface area contributed by atoms with Crippen LogP contribution in [-0.4, -0.2) is 63.0 Å². The highest BCUT2D eigenvalue weighted by atomic mass is 32.2. The van der Waals surface area contributed by atoms with E-state index in [1.54, 1.807) is 24.3 Å². The third-order valence-electron chi connectivity index (χ3n) is 5.52. The van der Waals surface area contributed by atoms with E-state index in [4.69, 9.17) is 10.2 Å². The van der Waals surface area contributed by atoms with Gasteiger partial charge in [0.25, 0.3) is 5.91 Å². The molecule has 1 unspecified atom stereocenters. The maximum absolute atomic E-state index is 12.4. The van der Waals surface area contributed by atoms with Gasteiger partial charge in [0.2, 0.25) is 15.9 Å². The topological polar surface area (TPSA) is 133 Å². The van der Waals surface area contributed by atoms with Crippen LogP contribution in [0.2, 0.25) is 0 Å². The molecule has 2 heterocycles. The summed E-state index contributed by atoms with van der Waals surface area (Å²) in [5.41, 5.74) is 2.42. The maximum atomic E-state index is 12.4. The number of nitrogens with one attached hydrogen (secondary N) is 1. The van der Waals surface area contributed by atoms with Crippen LogP contribution in [0.1, 0.15) is 27.5 Å². The Morgan fingerprint density at radius 3 is 2.50 bits per heavy atom. The summed E-state index contributed by atoms with van der Waals surface area (Å²) in [5, 5.41) is 17.4. The highest BCUT2D eigenvalue weighted by Gasteiger charge is 2.31. The monoisotopic (exact) mass is 430 g/mol. The summed E-state index contributed by atoms with van der Waals surface area (Å²) in [6.45, 7) is 1.02. The van der Waals surface area contributed by atoms with E-state index in [2.05, 4.69) is 5.32 Å². The van der Waals surface area contributed by atoms with E-state index in [9.17, 15) is 18.0 Å². The number of nitrogens with two attached hydrogens (primary N) is 1. The summed E-state index contributed by atoms with van der Waals surface area (Å²) in [6.07, 6.45) is 0. The van der Waals surface area contributed by atoms with Gasteiger partial charge in [-0.3, -0.25) is 9.59 Å². The zero-order valence-electron chi connectivity index (χ0n) is 16.1.